The molecule has 0 aromatic carbocycles. The molecular weight excluding hydrogens is 287 g/mol. The number of hydrogen-bond donors (Lipinski definition) is 2. The van der Waals surface area contributed by atoms with Crippen molar-refractivity contribution in [2.24, 2.45) is 0 Å². The van der Waals surface area contributed by atoms with Crippen molar-refractivity contribution in [3.63, 3.8) is 0 Å². The molecule has 0 aliphatic carbocycles. The predicted octanol–water partition coefficient (Wildman–Crippen LogP) is 1.06. The van der Waals surface area contributed by atoms with Gasteiger partial charge in [-0.1, -0.05) is 0 Å². The highest BCUT2D eigenvalue weighted by atomic mass is 19.4. The summed E-state index contributed by atoms with van der Waals surface area (Å²) in [6.07, 6.45) is -2.76. The predicted molar refractivity (Wildman–Crippen MR) is 71.9 cm³/mol. The minimum absolute atomic E-state index is 0.355. The number of nitrogens with one attached hydrogen (secondary N) is 1. The smallest absolute Gasteiger partial charge is 0.384 e. The van der Waals surface area contributed by atoms with Gasteiger partial charge in [-0.25, -0.2) is 9.78 Å². The molecule has 21 heavy (non-hydrogen) atoms. The van der Waals surface area contributed by atoms with Crippen LogP contribution in [0.2, 0.25) is 0 Å². The van der Waals surface area contributed by atoms with Crippen LogP contribution in [-0.2, 0) is 0 Å². The molecule has 6 nitrogen and oxygen atoms in total. The van der Waals surface area contributed by atoms with Crippen LogP contribution in [0.1, 0.15) is 0 Å². The van der Waals surface area contributed by atoms with E-state index in [1.54, 1.807) is 12.3 Å². The van der Waals surface area contributed by atoms with Crippen molar-refractivity contribution >= 4 is 17.5 Å². The monoisotopic (exact) mass is 303 g/mol. The van der Waals surface area contributed by atoms with Gasteiger partial charge in [-0.3, -0.25) is 0 Å². The molecule has 1 aliphatic rings. The fourth-order valence-corrected chi connectivity index (χ4v) is 2.04. The first-order valence-electron chi connectivity index (χ1n) is 6.41. The van der Waals surface area contributed by atoms with E-state index in [4.69, 9.17) is 5.73 Å². The summed E-state index contributed by atoms with van der Waals surface area (Å²) in [5.41, 5.74) is 6.38. The Balaban J connectivity index is 1.82. The molecule has 1 saturated heterocycles. The van der Waals surface area contributed by atoms with Gasteiger partial charge in [-0.2, -0.15) is 13.2 Å². The largest absolute Gasteiger partial charge is 0.405 e. The molecule has 1 aromatic heterocycles. The molecule has 0 radical (unpaired) electrons. The highest BCUT2D eigenvalue weighted by molar-refractivity contribution is 5.74. The Hall–Kier alpha value is -2.19. The summed E-state index contributed by atoms with van der Waals surface area (Å²) in [7, 11) is 0. The van der Waals surface area contributed by atoms with E-state index in [0.717, 1.165) is 5.69 Å². The third-order valence-electron chi connectivity index (χ3n) is 3.14. The van der Waals surface area contributed by atoms with Crippen LogP contribution in [0.3, 0.4) is 0 Å². The fourth-order valence-electron chi connectivity index (χ4n) is 2.04. The lowest BCUT2D eigenvalue weighted by atomic mass is 10.3. The lowest BCUT2D eigenvalue weighted by Gasteiger charge is -2.35. The Morgan fingerprint density at radius 3 is 2.48 bits per heavy atom. The molecule has 2 heterocycles. The minimum Gasteiger partial charge on any atom is -0.384 e. The van der Waals surface area contributed by atoms with E-state index in [-0.39, 0.29) is 0 Å². The Bertz CT molecular complexity index is 483. The SMILES string of the molecule is Nc1ccc(N2CCN(C(=O)NCC(F)(F)F)CC2)cn1. The second kappa shape index (κ2) is 6.06. The van der Waals surface area contributed by atoms with Crippen LogP contribution >= 0.6 is 0 Å². The Kier molecular flexibility index (Phi) is 4.39. The van der Waals surface area contributed by atoms with Crippen LogP contribution in [0, 0.1) is 0 Å². The van der Waals surface area contributed by atoms with Gasteiger partial charge in [0.05, 0.1) is 11.9 Å². The van der Waals surface area contributed by atoms with Crippen LogP contribution in [0.4, 0.5) is 29.5 Å². The zero-order valence-electron chi connectivity index (χ0n) is 11.2. The van der Waals surface area contributed by atoms with Gasteiger partial charge < -0.3 is 20.9 Å². The van der Waals surface area contributed by atoms with Crippen LogP contribution in [0.15, 0.2) is 18.3 Å². The number of hydrogen-bond acceptors (Lipinski definition) is 4. The number of piperazine rings is 1. The third-order valence-corrected chi connectivity index (χ3v) is 3.14. The van der Waals surface area contributed by atoms with Crippen LogP contribution in [0.5, 0.6) is 0 Å². The molecule has 1 aliphatic heterocycles. The molecule has 0 atom stereocenters. The Labute approximate surface area is 119 Å². The van der Waals surface area contributed by atoms with Crippen molar-refractivity contribution in [3.8, 4) is 0 Å². The maximum Gasteiger partial charge on any atom is 0.405 e. The minimum atomic E-state index is -4.40. The molecule has 1 fully saturated rings. The van der Waals surface area contributed by atoms with Gasteiger partial charge in [0.25, 0.3) is 0 Å². The number of rotatable bonds is 2. The number of nitrogens with zero attached hydrogens (tertiary/aromatic N) is 3. The second-order valence-electron chi connectivity index (χ2n) is 4.69. The van der Waals surface area contributed by atoms with Gasteiger partial charge in [-0.15, -0.1) is 0 Å². The van der Waals surface area contributed by atoms with Crippen molar-refractivity contribution in [2.45, 2.75) is 6.18 Å². The standard InChI is InChI=1S/C12H16F3N5O/c13-12(14,15)8-18-11(21)20-5-3-19(4-6-20)9-1-2-10(16)17-7-9/h1-2,7H,3-6,8H2,(H2,16,17)(H,18,21). The maximum atomic E-state index is 12.0. The summed E-state index contributed by atoms with van der Waals surface area (Å²) < 4.78 is 36.1. The molecular formula is C12H16F3N5O. The molecule has 0 spiro atoms. The van der Waals surface area contributed by atoms with Crippen molar-refractivity contribution < 1.29 is 18.0 Å². The molecule has 0 saturated carbocycles. The van der Waals surface area contributed by atoms with Gasteiger partial charge in [0, 0.05) is 26.2 Å². The summed E-state index contributed by atoms with van der Waals surface area (Å²) in [6.45, 7) is 0.464. The number of urea groups is 1. The van der Waals surface area contributed by atoms with Gasteiger partial charge in [0.2, 0.25) is 0 Å². The first-order chi connectivity index (χ1) is 9.85. The van der Waals surface area contributed by atoms with E-state index >= 15 is 0 Å². The molecule has 9 heteroatoms. The number of alkyl halides is 3. The number of carbonyl (C=O) groups excluding carboxylic acids is 1. The number of anilines is 2. The second-order valence-corrected chi connectivity index (χ2v) is 4.69. The molecule has 1 aromatic rings. The topological polar surface area (TPSA) is 74.5 Å². The summed E-state index contributed by atoms with van der Waals surface area (Å²) in [6, 6.07) is 2.81. The Morgan fingerprint density at radius 2 is 1.95 bits per heavy atom. The normalized spacial score (nSPS) is 16.0. The zero-order chi connectivity index (χ0) is 15.5. The van der Waals surface area contributed by atoms with E-state index in [1.165, 1.54) is 4.90 Å². The van der Waals surface area contributed by atoms with Crippen LogP contribution in [-0.4, -0.2) is 54.8 Å². The van der Waals surface area contributed by atoms with Crippen LogP contribution < -0.4 is 16.0 Å². The average molecular weight is 303 g/mol. The van der Waals surface area contributed by atoms with Crippen molar-refractivity contribution in [3.05, 3.63) is 18.3 Å². The van der Waals surface area contributed by atoms with E-state index in [9.17, 15) is 18.0 Å². The van der Waals surface area contributed by atoms with Crippen LogP contribution in [0.25, 0.3) is 0 Å². The summed E-state index contributed by atoms with van der Waals surface area (Å²) in [5.74, 6) is 0.420. The van der Waals surface area contributed by atoms with Crippen molar-refractivity contribution in [1.29, 1.82) is 0 Å². The number of nitrogen functional groups attached to an aromatic ring is 1. The fraction of sp³-hybridized carbons (Fsp3) is 0.500. The van der Waals surface area contributed by atoms with Crippen molar-refractivity contribution in [1.82, 2.24) is 15.2 Å². The number of halogens is 3. The number of amides is 2. The number of nitrogens with two attached hydrogens (primary N) is 1. The van der Waals surface area contributed by atoms with Crippen molar-refractivity contribution in [2.75, 3.05) is 43.4 Å². The molecule has 3 N–H and O–H groups in total. The Morgan fingerprint density at radius 1 is 1.29 bits per heavy atom. The first-order valence-corrected chi connectivity index (χ1v) is 6.41. The quantitative estimate of drug-likeness (QED) is 0.856. The highest BCUT2D eigenvalue weighted by Crippen LogP contribution is 2.16. The average Bonchev–Trinajstić information content (AvgIpc) is 2.45. The number of aromatic nitrogens is 1. The van der Waals surface area contributed by atoms with Gasteiger partial charge in [0.15, 0.2) is 0 Å². The van der Waals surface area contributed by atoms with E-state index < -0.39 is 18.8 Å². The van der Waals surface area contributed by atoms with Gasteiger partial charge in [-0.05, 0) is 12.1 Å². The lowest BCUT2D eigenvalue weighted by Crippen LogP contribution is -2.53. The summed E-state index contributed by atoms with van der Waals surface area (Å²) in [5, 5.41) is 1.87. The zero-order valence-corrected chi connectivity index (χ0v) is 11.2. The maximum absolute atomic E-state index is 12.0. The molecule has 116 valence electrons. The van der Waals surface area contributed by atoms with E-state index in [2.05, 4.69) is 4.98 Å². The van der Waals surface area contributed by atoms with E-state index in [1.807, 2.05) is 16.3 Å². The summed E-state index contributed by atoms with van der Waals surface area (Å²) >= 11 is 0. The van der Waals surface area contributed by atoms with E-state index in [0.29, 0.717) is 32.0 Å². The lowest BCUT2D eigenvalue weighted by molar-refractivity contribution is -0.123. The molecule has 2 rings (SSSR count). The van der Waals surface area contributed by atoms with Gasteiger partial charge in [0.1, 0.15) is 12.4 Å². The van der Waals surface area contributed by atoms with Gasteiger partial charge >= 0.3 is 12.2 Å². The summed E-state index contributed by atoms with van der Waals surface area (Å²) in [4.78, 5) is 19.0. The third kappa shape index (κ3) is 4.40. The molecule has 0 unspecified atom stereocenters. The first kappa shape index (κ1) is 15.2. The number of carbonyl (C=O) groups is 1. The highest BCUT2D eigenvalue weighted by Gasteiger charge is 2.29. The molecule has 2 amide bonds. The molecule has 0 bridgehead atoms. The number of pyridine rings is 1.